The molecule has 22 heavy (non-hydrogen) atoms. The van der Waals surface area contributed by atoms with E-state index >= 15 is 0 Å². The summed E-state index contributed by atoms with van der Waals surface area (Å²) in [7, 11) is -0.184. The third kappa shape index (κ3) is 3.03. The van der Waals surface area contributed by atoms with Gasteiger partial charge in [0.2, 0.25) is 11.8 Å². The molecule has 1 aromatic heterocycles. The topological polar surface area (TPSA) is 82.8 Å². The normalized spacial score (nSPS) is 27.5. The summed E-state index contributed by atoms with van der Waals surface area (Å²) in [6, 6.07) is 0.209. The van der Waals surface area contributed by atoms with Gasteiger partial charge in [-0.25, -0.2) is 0 Å². The summed E-state index contributed by atoms with van der Waals surface area (Å²) in [5.74, 6) is 1.52. The van der Waals surface area contributed by atoms with Gasteiger partial charge in [-0.15, -0.1) is 10.2 Å². The average molecular weight is 329 g/mol. The molecule has 124 valence electrons. The van der Waals surface area contributed by atoms with Gasteiger partial charge in [0.05, 0.1) is 6.54 Å². The zero-order chi connectivity index (χ0) is 15.9. The fourth-order valence-electron chi connectivity index (χ4n) is 3.32. The molecule has 0 spiro atoms. The molecule has 0 N–H and O–H groups in total. The van der Waals surface area contributed by atoms with Gasteiger partial charge in [-0.3, -0.25) is 4.90 Å². The predicted molar refractivity (Wildman–Crippen MR) is 80.1 cm³/mol. The fourth-order valence-corrected chi connectivity index (χ4v) is 4.55. The highest BCUT2D eigenvalue weighted by Gasteiger charge is 2.39. The standard InChI is InChI=1S/C13H23N5O3S/c1-10-14-15-13(21-10)9-17-6-11-4-5-12(17)8-18(7-11)22(19,20)16(2)3/h11-12H,4-9H2,1-3H3/t11-,12-/m0/s1. The summed E-state index contributed by atoms with van der Waals surface area (Å²) in [6.45, 7) is 4.38. The van der Waals surface area contributed by atoms with Crippen molar-refractivity contribution in [3.8, 4) is 0 Å². The molecular formula is C13H23N5O3S. The Kier molecular flexibility index (Phi) is 4.23. The fraction of sp³-hybridized carbons (Fsp3) is 0.846. The largest absolute Gasteiger partial charge is 0.424 e. The van der Waals surface area contributed by atoms with Gasteiger partial charge in [-0.1, -0.05) is 0 Å². The maximum absolute atomic E-state index is 12.4. The summed E-state index contributed by atoms with van der Waals surface area (Å²) < 4.78 is 33.2. The number of fused-ring (bicyclic) bond motifs is 4. The molecule has 0 aliphatic carbocycles. The molecular weight excluding hydrogens is 306 g/mol. The Morgan fingerprint density at radius 1 is 1.23 bits per heavy atom. The molecule has 3 aliphatic heterocycles. The Hall–Kier alpha value is -1.03. The molecule has 3 saturated heterocycles. The lowest BCUT2D eigenvalue weighted by molar-refractivity contribution is 0.113. The van der Waals surface area contributed by atoms with Gasteiger partial charge in [0.15, 0.2) is 0 Å². The van der Waals surface area contributed by atoms with E-state index in [0.29, 0.717) is 37.3 Å². The number of rotatable bonds is 4. The highest BCUT2D eigenvalue weighted by Crippen LogP contribution is 2.30. The Balaban J connectivity index is 1.76. The van der Waals surface area contributed by atoms with Crippen LogP contribution in [0.15, 0.2) is 4.42 Å². The van der Waals surface area contributed by atoms with E-state index < -0.39 is 10.2 Å². The van der Waals surface area contributed by atoms with Crippen LogP contribution in [0.1, 0.15) is 24.6 Å². The van der Waals surface area contributed by atoms with Crippen molar-refractivity contribution in [2.45, 2.75) is 32.4 Å². The van der Waals surface area contributed by atoms with Crippen LogP contribution in [-0.4, -0.2) is 71.9 Å². The molecule has 1 aromatic rings. The second-order valence-electron chi connectivity index (χ2n) is 6.35. The second-order valence-corrected chi connectivity index (χ2v) is 8.49. The Morgan fingerprint density at radius 3 is 2.64 bits per heavy atom. The number of aromatic nitrogens is 2. The molecule has 0 amide bonds. The summed E-state index contributed by atoms with van der Waals surface area (Å²) in [5.41, 5.74) is 0. The van der Waals surface area contributed by atoms with Crippen molar-refractivity contribution in [2.24, 2.45) is 5.92 Å². The summed E-state index contributed by atoms with van der Waals surface area (Å²) >= 11 is 0. The van der Waals surface area contributed by atoms with E-state index in [4.69, 9.17) is 4.42 Å². The number of hydrogen-bond acceptors (Lipinski definition) is 6. The van der Waals surface area contributed by atoms with Crippen LogP contribution < -0.4 is 0 Å². The summed E-state index contributed by atoms with van der Waals surface area (Å²) in [5, 5.41) is 7.91. The number of nitrogens with zero attached hydrogens (tertiary/aromatic N) is 5. The van der Waals surface area contributed by atoms with Crippen LogP contribution in [0.2, 0.25) is 0 Å². The SMILES string of the molecule is Cc1nnc(CN2C[C@@H]3CC[C@H]2CN(S(=O)(=O)N(C)C)C3)o1. The lowest BCUT2D eigenvalue weighted by Crippen LogP contribution is -2.45. The molecule has 4 rings (SSSR count). The number of aryl methyl sites for hydroxylation is 1. The van der Waals surface area contributed by atoms with Crippen LogP contribution in [0.5, 0.6) is 0 Å². The molecule has 2 atom stereocenters. The van der Waals surface area contributed by atoms with Crippen LogP contribution in [0.25, 0.3) is 0 Å². The minimum absolute atomic E-state index is 0.209. The molecule has 0 aromatic carbocycles. The van der Waals surface area contributed by atoms with Crippen molar-refractivity contribution in [2.75, 3.05) is 33.7 Å². The van der Waals surface area contributed by atoms with Crippen LogP contribution >= 0.6 is 0 Å². The van der Waals surface area contributed by atoms with E-state index in [0.717, 1.165) is 19.4 Å². The average Bonchev–Trinajstić information content (AvgIpc) is 2.67. The van der Waals surface area contributed by atoms with E-state index in [1.807, 2.05) is 0 Å². The van der Waals surface area contributed by atoms with Crippen LogP contribution in [0.3, 0.4) is 0 Å². The van der Waals surface area contributed by atoms with Crippen LogP contribution in [0, 0.1) is 12.8 Å². The summed E-state index contributed by atoms with van der Waals surface area (Å²) in [4.78, 5) is 2.28. The highest BCUT2D eigenvalue weighted by molar-refractivity contribution is 7.86. The smallest absolute Gasteiger partial charge is 0.281 e. The first kappa shape index (κ1) is 15.9. The van der Waals surface area contributed by atoms with Crippen molar-refractivity contribution < 1.29 is 12.8 Å². The Labute approximate surface area is 131 Å². The quantitative estimate of drug-likeness (QED) is 0.778. The zero-order valence-corrected chi connectivity index (χ0v) is 14.1. The van der Waals surface area contributed by atoms with Gasteiger partial charge in [0, 0.05) is 46.7 Å². The maximum Gasteiger partial charge on any atom is 0.281 e. The minimum atomic E-state index is -3.35. The first-order chi connectivity index (χ1) is 10.4. The van der Waals surface area contributed by atoms with Crippen molar-refractivity contribution in [1.29, 1.82) is 0 Å². The molecule has 3 aliphatic rings. The number of hydrogen-bond donors (Lipinski definition) is 0. The van der Waals surface area contributed by atoms with Gasteiger partial charge in [-0.05, 0) is 18.8 Å². The van der Waals surface area contributed by atoms with Crippen LogP contribution in [-0.2, 0) is 16.8 Å². The maximum atomic E-state index is 12.4. The van der Waals surface area contributed by atoms with E-state index in [-0.39, 0.29) is 6.04 Å². The third-order valence-corrected chi connectivity index (χ3v) is 6.36. The van der Waals surface area contributed by atoms with Crippen molar-refractivity contribution in [3.05, 3.63) is 11.8 Å². The molecule has 4 heterocycles. The van der Waals surface area contributed by atoms with E-state index in [1.165, 1.54) is 4.31 Å². The Bertz CT molecular complexity index is 629. The highest BCUT2D eigenvalue weighted by atomic mass is 32.2. The third-order valence-electron chi connectivity index (χ3n) is 4.49. The Morgan fingerprint density at radius 2 is 2.00 bits per heavy atom. The first-order valence-corrected chi connectivity index (χ1v) is 8.96. The second kappa shape index (κ2) is 5.88. The van der Waals surface area contributed by atoms with E-state index in [2.05, 4.69) is 15.1 Å². The van der Waals surface area contributed by atoms with Crippen molar-refractivity contribution >= 4 is 10.2 Å². The molecule has 9 heteroatoms. The van der Waals surface area contributed by atoms with Gasteiger partial charge in [0.25, 0.3) is 10.2 Å². The van der Waals surface area contributed by atoms with Gasteiger partial charge < -0.3 is 4.42 Å². The predicted octanol–water partition coefficient (Wildman–Crippen LogP) is 0.0806. The first-order valence-electron chi connectivity index (χ1n) is 7.57. The molecule has 3 fully saturated rings. The van der Waals surface area contributed by atoms with Crippen LogP contribution in [0.4, 0.5) is 0 Å². The zero-order valence-electron chi connectivity index (χ0n) is 13.3. The van der Waals surface area contributed by atoms with Crippen molar-refractivity contribution in [1.82, 2.24) is 23.7 Å². The molecule has 0 unspecified atom stereocenters. The van der Waals surface area contributed by atoms with Gasteiger partial charge in [0.1, 0.15) is 0 Å². The summed E-state index contributed by atoms with van der Waals surface area (Å²) in [6.07, 6.45) is 2.08. The molecule has 0 radical (unpaired) electrons. The molecule has 2 bridgehead atoms. The van der Waals surface area contributed by atoms with E-state index in [9.17, 15) is 8.42 Å². The van der Waals surface area contributed by atoms with Gasteiger partial charge in [-0.2, -0.15) is 17.0 Å². The number of piperidine rings is 1. The lowest BCUT2D eigenvalue weighted by Gasteiger charge is -2.35. The van der Waals surface area contributed by atoms with E-state index in [1.54, 1.807) is 25.3 Å². The molecule has 0 saturated carbocycles. The molecule has 8 nitrogen and oxygen atoms in total. The van der Waals surface area contributed by atoms with Crippen molar-refractivity contribution in [3.63, 3.8) is 0 Å². The monoisotopic (exact) mass is 329 g/mol. The van der Waals surface area contributed by atoms with Gasteiger partial charge >= 0.3 is 0 Å². The lowest BCUT2D eigenvalue weighted by atomic mass is 9.95. The minimum Gasteiger partial charge on any atom is -0.424 e.